The standard InChI is InChI=1S/C13H18N4O3/c18-12(8-2-1-3-8)15-10-6-9(13(19)20)7-11(10)17-5-4-14-16-17/h4-5,8-11H,1-3,6-7H2,(H,15,18)(H,19,20)/t9?,10-,11+/m1/s1. The summed E-state index contributed by atoms with van der Waals surface area (Å²) in [5, 5.41) is 19.9. The summed E-state index contributed by atoms with van der Waals surface area (Å²) in [5.41, 5.74) is 0. The van der Waals surface area contributed by atoms with Gasteiger partial charge in [-0.2, -0.15) is 0 Å². The Bertz CT molecular complexity index is 498. The highest BCUT2D eigenvalue weighted by Gasteiger charge is 2.41. The summed E-state index contributed by atoms with van der Waals surface area (Å²) in [7, 11) is 0. The van der Waals surface area contributed by atoms with Crippen LogP contribution in [-0.2, 0) is 9.59 Å². The summed E-state index contributed by atoms with van der Waals surface area (Å²) in [5.74, 6) is -1.08. The van der Waals surface area contributed by atoms with E-state index in [0.717, 1.165) is 19.3 Å². The number of nitrogens with one attached hydrogen (secondary N) is 1. The molecule has 2 saturated carbocycles. The number of hydrogen-bond acceptors (Lipinski definition) is 4. The minimum atomic E-state index is -0.810. The number of carbonyl (C=O) groups excluding carboxylic acids is 1. The first-order valence-corrected chi connectivity index (χ1v) is 7.04. The van der Waals surface area contributed by atoms with Gasteiger partial charge >= 0.3 is 5.97 Å². The maximum absolute atomic E-state index is 12.1. The minimum Gasteiger partial charge on any atom is -0.481 e. The molecule has 0 radical (unpaired) electrons. The number of carboxylic acid groups (broad SMARTS) is 1. The zero-order chi connectivity index (χ0) is 14.1. The second kappa shape index (κ2) is 5.22. The Kier molecular flexibility index (Phi) is 3.42. The second-order valence-corrected chi connectivity index (χ2v) is 5.70. The van der Waals surface area contributed by atoms with E-state index in [2.05, 4.69) is 15.6 Å². The van der Waals surface area contributed by atoms with Crippen LogP contribution in [0.5, 0.6) is 0 Å². The third kappa shape index (κ3) is 2.39. The largest absolute Gasteiger partial charge is 0.481 e. The van der Waals surface area contributed by atoms with Crippen LogP contribution >= 0.6 is 0 Å². The summed E-state index contributed by atoms with van der Waals surface area (Å²) < 4.78 is 1.66. The molecule has 1 aromatic rings. The molecule has 20 heavy (non-hydrogen) atoms. The molecule has 2 fully saturated rings. The molecule has 0 aliphatic heterocycles. The van der Waals surface area contributed by atoms with E-state index in [9.17, 15) is 14.7 Å². The number of rotatable bonds is 4. The molecule has 0 spiro atoms. The van der Waals surface area contributed by atoms with Crippen molar-refractivity contribution >= 4 is 11.9 Å². The predicted octanol–water partition coefficient (Wildman–Crippen LogP) is 0.599. The van der Waals surface area contributed by atoms with Crippen LogP contribution in [0.25, 0.3) is 0 Å². The molecular weight excluding hydrogens is 260 g/mol. The van der Waals surface area contributed by atoms with Crippen LogP contribution in [0, 0.1) is 11.8 Å². The van der Waals surface area contributed by atoms with Crippen molar-refractivity contribution in [2.24, 2.45) is 11.8 Å². The zero-order valence-electron chi connectivity index (χ0n) is 11.1. The maximum atomic E-state index is 12.1. The smallest absolute Gasteiger partial charge is 0.306 e. The highest BCUT2D eigenvalue weighted by Crippen LogP contribution is 2.35. The van der Waals surface area contributed by atoms with Gasteiger partial charge in [-0.05, 0) is 25.7 Å². The van der Waals surface area contributed by atoms with Gasteiger partial charge in [0.2, 0.25) is 5.91 Å². The van der Waals surface area contributed by atoms with Crippen LogP contribution in [-0.4, -0.2) is 38.0 Å². The molecule has 1 aromatic heterocycles. The molecule has 0 aromatic carbocycles. The van der Waals surface area contributed by atoms with Crippen LogP contribution in [0.2, 0.25) is 0 Å². The van der Waals surface area contributed by atoms with E-state index in [1.165, 1.54) is 0 Å². The fraction of sp³-hybridized carbons (Fsp3) is 0.692. The Morgan fingerprint density at radius 1 is 1.25 bits per heavy atom. The third-order valence-corrected chi connectivity index (χ3v) is 4.46. The van der Waals surface area contributed by atoms with E-state index in [0.29, 0.717) is 12.8 Å². The van der Waals surface area contributed by atoms with Crippen molar-refractivity contribution in [2.45, 2.75) is 44.2 Å². The quantitative estimate of drug-likeness (QED) is 0.840. The van der Waals surface area contributed by atoms with E-state index in [1.807, 2.05) is 0 Å². The molecule has 1 unspecified atom stereocenters. The molecule has 2 aliphatic carbocycles. The van der Waals surface area contributed by atoms with Crippen LogP contribution < -0.4 is 5.32 Å². The average molecular weight is 278 g/mol. The molecule has 2 aliphatic rings. The normalized spacial score (nSPS) is 29.9. The molecule has 0 saturated heterocycles. The van der Waals surface area contributed by atoms with Gasteiger partial charge in [0.15, 0.2) is 0 Å². The average Bonchev–Trinajstić information content (AvgIpc) is 2.93. The maximum Gasteiger partial charge on any atom is 0.306 e. The van der Waals surface area contributed by atoms with E-state index in [-0.39, 0.29) is 23.9 Å². The van der Waals surface area contributed by atoms with E-state index in [1.54, 1.807) is 17.1 Å². The molecule has 1 amide bonds. The summed E-state index contributed by atoms with van der Waals surface area (Å²) in [6, 6.07) is -0.298. The monoisotopic (exact) mass is 278 g/mol. The Hall–Kier alpha value is -1.92. The highest BCUT2D eigenvalue weighted by atomic mass is 16.4. The lowest BCUT2D eigenvalue weighted by molar-refractivity contribution is -0.141. The first kappa shape index (κ1) is 13.1. The van der Waals surface area contributed by atoms with Crippen LogP contribution in [0.4, 0.5) is 0 Å². The first-order valence-electron chi connectivity index (χ1n) is 7.04. The number of carboxylic acids is 1. The number of aliphatic carboxylic acids is 1. The van der Waals surface area contributed by atoms with Crippen molar-refractivity contribution in [1.29, 1.82) is 0 Å². The van der Waals surface area contributed by atoms with Crippen LogP contribution in [0.15, 0.2) is 12.4 Å². The topological polar surface area (TPSA) is 97.1 Å². The van der Waals surface area contributed by atoms with Crippen molar-refractivity contribution in [3.63, 3.8) is 0 Å². The number of nitrogens with zero attached hydrogens (tertiary/aromatic N) is 3. The Labute approximate surface area is 116 Å². The Balaban J connectivity index is 1.71. The Morgan fingerprint density at radius 2 is 2.05 bits per heavy atom. The van der Waals surface area contributed by atoms with Gasteiger partial charge in [0.25, 0.3) is 0 Å². The van der Waals surface area contributed by atoms with E-state index >= 15 is 0 Å². The molecule has 7 heteroatoms. The molecule has 0 bridgehead atoms. The zero-order valence-corrected chi connectivity index (χ0v) is 11.1. The van der Waals surface area contributed by atoms with Gasteiger partial charge in [-0.1, -0.05) is 11.6 Å². The van der Waals surface area contributed by atoms with Crippen LogP contribution in [0.3, 0.4) is 0 Å². The van der Waals surface area contributed by atoms with Crippen molar-refractivity contribution in [2.75, 3.05) is 0 Å². The first-order chi connectivity index (χ1) is 9.65. The molecule has 3 rings (SSSR count). The molecule has 2 N–H and O–H groups in total. The molecule has 1 heterocycles. The van der Waals surface area contributed by atoms with Gasteiger partial charge in [0, 0.05) is 12.1 Å². The van der Waals surface area contributed by atoms with Gasteiger partial charge in [-0.15, -0.1) is 5.10 Å². The van der Waals surface area contributed by atoms with Gasteiger partial charge < -0.3 is 10.4 Å². The lowest BCUT2D eigenvalue weighted by atomic mass is 9.84. The van der Waals surface area contributed by atoms with Crippen molar-refractivity contribution in [1.82, 2.24) is 20.3 Å². The van der Waals surface area contributed by atoms with Gasteiger partial charge in [-0.3, -0.25) is 9.59 Å². The molecular formula is C13H18N4O3. The lowest BCUT2D eigenvalue weighted by Gasteiger charge is -2.28. The summed E-state index contributed by atoms with van der Waals surface area (Å²) in [6.45, 7) is 0. The predicted molar refractivity (Wildman–Crippen MR) is 68.7 cm³/mol. The summed E-state index contributed by atoms with van der Waals surface area (Å²) in [6.07, 6.45) is 7.21. The summed E-state index contributed by atoms with van der Waals surface area (Å²) in [4.78, 5) is 23.3. The SMILES string of the molecule is O=C(O)C1C[C@@H](NC(=O)C2CCC2)[C@@H](n2ccnn2)C1. The third-order valence-electron chi connectivity index (χ3n) is 4.46. The molecule has 3 atom stereocenters. The van der Waals surface area contributed by atoms with Crippen LogP contribution in [0.1, 0.15) is 38.1 Å². The number of aromatic nitrogens is 3. The van der Waals surface area contributed by atoms with Gasteiger partial charge in [-0.25, -0.2) is 4.68 Å². The van der Waals surface area contributed by atoms with Gasteiger partial charge in [0.05, 0.1) is 24.2 Å². The number of hydrogen-bond donors (Lipinski definition) is 2. The van der Waals surface area contributed by atoms with E-state index < -0.39 is 11.9 Å². The fourth-order valence-corrected chi connectivity index (χ4v) is 3.03. The number of amides is 1. The second-order valence-electron chi connectivity index (χ2n) is 5.70. The van der Waals surface area contributed by atoms with Crippen molar-refractivity contribution in [3.05, 3.63) is 12.4 Å². The minimum absolute atomic E-state index is 0.0532. The van der Waals surface area contributed by atoms with E-state index in [4.69, 9.17) is 0 Å². The molecule has 108 valence electrons. The fourth-order valence-electron chi connectivity index (χ4n) is 3.03. The van der Waals surface area contributed by atoms with Gasteiger partial charge in [0.1, 0.15) is 0 Å². The van der Waals surface area contributed by atoms with Crippen molar-refractivity contribution < 1.29 is 14.7 Å². The highest BCUT2D eigenvalue weighted by molar-refractivity contribution is 5.80. The number of carbonyl (C=O) groups is 2. The lowest BCUT2D eigenvalue weighted by Crippen LogP contribution is -2.43. The van der Waals surface area contributed by atoms with Crippen molar-refractivity contribution in [3.8, 4) is 0 Å². The summed E-state index contributed by atoms with van der Waals surface area (Å²) >= 11 is 0. The molecule has 7 nitrogen and oxygen atoms in total. The Morgan fingerprint density at radius 3 is 2.60 bits per heavy atom.